The zero-order valence-corrected chi connectivity index (χ0v) is 15.2. The lowest BCUT2D eigenvalue weighted by molar-refractivity contribution is -0.154. The Morgan fingerprint density at radius 1 is 1.11 bits per heavy atom. The van der Waals surface area contributed by atoms with Crippen LogP contribution in [0.5, 0.6) is 17.2 Å². The standard InChI is InChI=1S/C20H21NO6/c1-13(27-19(22)10-14-4-3-5-16(8-14)24-2)20(23)21-11-15-6-7-17-18(9-15)26-12-25-17/h3-9,13H,10-12H2,1-2H3,(H,21,23)/t13-/m0/s1. The van der Waals surface area contributed by atoms with Crippen molar-refractivity contribution in [3.63, 3.8) is 0 Å². The Morgan fingerprint density at radius 3 is 2.74 bits per heavy atom. The molecule has 142 valence electrons. The number of rotatable bonds is 7. The van der Waals surface area contributed by atoms with Crippen LogP contribution in [0.15, 0.2) is 42.5 Å². The van der Waals surface area contributed by atoms with Crippen molar-refractivity contribution in [2.24, 2.45) is 0 Å². The molecule has 7 heteroatoms. The van der Waals surface area contributed by atoms with Gasteiger partial charge in [0.05, 0.1) is 13.5 Å². The number of fused-ring (bicyclic) bond motifs is 1. The van der Waals surface area contributed by atoms with Crippen molar-refractivity contribution in [3.05, 3.63) is 53.6 Å². The van der Waals surface area contributed by atoms with Crippen LogP contribution in [0.2, 0.25) is 0 Å². The lowest BCUT2D eigenvalue weighted by atomic mass is 10.1. The van der Waals surface area contributed by atoms with Crippen molar-refractivity contribution in [3.8, 4) is 17.2 Å². The Bertz CT molecular complexity index is 835. The minimum absolute atomic E-state index is 0.0664. The van der Waals surface area contributed by atoms with Gasteiger partial charge in [-0.15, -0.1) is 0 Å². The Kier molecular flexibility index (Phi) is 5.80. The largest absolute Gasteiger partial charge is 0.497 e. The lowest BCUT2D eigenvalue weighted by Crippen LogP contribution is -2.35. The number of methoxy groups -OCH3 is 1. The number of hydrogen-bond donors (Lipinski definition) is 1. The van der Waals surface area contributed by atoms with E-state index in [1.165, 1.54) is 0 Å². The highest BCUT2D eigenvalue weighted by molar-refractivity contribution is 5.83. The molecule has 0 spiro atoms. The van der Waals surface area contributed by atoms with Gasteiger partial charge in [-0.25, -0.2) is 0 Å². The molecule has 0 aromatic heterocycles. The summed E-state index contributed by atoms with van der Waals surface area (Å²) in [6, 6.07) is 12.6. The molecule has 1 heterocycles. The highest BCUT2D eigenvalue weighted by Gasteiger charge is 2.19. The summed E-state index contributed by atoms with van der Waals surface area (Å²) in [4.78, 5) is 24.2. The fourth-order valence-corrected chi connectivity index (χ4v) is 2.63. The van der Waals surface area contributed by atoms with Crippen LogP contribution in [0.4, 0.5) is 0 Å². The molecular formula is C20H21NO6. The van der Waals surface area contributed by atoms with E-state index in [9.17, 15) is 9.59 Å². The number of ether oxygens (including phenoxy) is 4. The molecule has 2 aromatic rings. The van der Waals surface area contributed by atoms with E-state index in [2.05, 4.69) is 5.32 Å². The van der Waals surface area contributed by atoms with Crippen molar-refractivity contribution in [1.29, 1.82) is 0 Å². The maximum absolute atomic E-state index is 12.2. The molecule has 1 amide bonds. The number of benzene rings is 2. The van der Waals surface area contributed by atoms with Crippen LogP contribution in [-0.2, 0) is 27.3 Å². The molecule has 1 aliphatic heterocycles. The first-order valence-electron chi connectivity index (χ1n) is 8.54. The number of carbonyl (C=O) groups is 2. The monoisotopic (exact) mass is 371 g/mol. The predicted molar refractivity (Wildman–Crippen MR) is 96.7 cm³/mol. The summed E-state index contributed by atoms with van der Waals surface area (Å²) in [6.45, 7) is 2.04. The van der Waals surface area contributed by atoms with Gasteiger partial charge in [0.25, 0.3) is 5.91 Å². The molecule has 0 saturated heterocycles. The van der Waals surface area contributed by atoms with E-state index in [1.54, 1.807) is 44.4 Å². The number of carbonyl (C=O) groups excluding carboxylic acids is 2. The number of nitrogens with one attached hydrogen (secondary N) is 1. The topological polar surface area (TPSA) is 83.1 Å². The van der Waals surface area contributed by atoms with Crippen LogP contribution in [0.1, 0.15) is 18.1 Å². The summed E-state index contributed by atoms with van der Waals surface area (Å²) < 4.78 is 20.9. The number of esters is 1. The minimum atomic E-state index is -0.892. The molecule has 0 saturated carbocycles. The molecule has 3 rings (SSSR count). The van der Waals surface area contributed by atoms with Gasteiger partial charge in [-0.3, -0.25) is 9.59 Å². The first-order chi connectivity index (χ1) is 13.0. The summed E-state index contributed by atoms with van der Waals surface area (Å²) >= 11 is 0. The van der Waals surface area contributed by atoms with Crippen LogP contribution >= 0.6 is 0 Å². The van der Waals surface area contributed by atoms with E-state index < -0.39 is 12.1 Å². The van der Waals surface area contributed by atoms with Gasteiger partial charge in [0.1, 0.15) is 5.75 Å². The van der Waals surface area contributed by atoms with Gasteiger partial charge in [-0.1, -0.05) is 18.2 Å². The van der Waals surface area contributed by atoms with Crippen molar-refractivity contribution < 1.29 is 28.5 Å². The molecule has 7 nitrogen and oxygen atoms in total. The van der Waals surface area contributed by atoms with E-state index in [0.29, 0.717) is 23.8 Å². The fraction of sp³-hybridized carbons (Fsp3) is 0.300. The summed E-state index contributed by atoms with van der Waals surface area (Å²) in [6.07, 6.45) is -0.825. The average molecular weight is 371 g/mol. The van der Waals surface area contributed by atoms with Gasteiger partial charge in [0.2, 0.25) is 6.79 Å². The zero-order chi connectivity index (χ0) is 19.2. The van der Waals surface area contributed by atoms with Crippen LogP contribution in [-0.4, -0.2) is 31.9 Å². The van der Waals surface area contributed by atoms with Gasteiger partial charge < -0.3 is 24.3 Å². The van der Waals surface area contributed by atoms with Crippen LogP contribution in [0, 0.1) is 0 Å². The maximum atomic E-state index is 12.2. The van der Waals surface area contributed by atoms with E-state index >= 15 is 0 Å². The summed E-state index contributed by atoms with van der Waals surface area (Å²) in [5.41, 5.74) is 1.62. The molecule has 0 unspecified atom stereocenters. The number of amides is 1. The summed E-state index contributed by atoms with van der Waals surface area (Å²) in [5.74, 6) is 1.15. The summed E-state index contributed by atoms with van der Waals surface area (Å²) in [7, 11) is 1.56. The Labute approximate surface area is 157 Å². The normalized spacial score (nSPS) is 13.0. The predicted octanol–water partition coefficient (Wildman–Crippen LogP) is 2.21. The maximum Gasteiger partial charge on any atom is 0.311 e. The Hall–Kier alpha value is -3.22. The van der Waals surface area contributed by atoms with Crippen LogP contribution < -0.4 is 19.5 Å². The smallest absolute Gasteiger partial charge is 0.311 e. The Balaban J connectivity index is 1.47. The molecule has 27 heavy (non-hydrogen) atoms. The fourth-order valence-electron chi connectivity index (χ4n) is 2.63. The zero-order valence-electron chi connectivity index (χ0n) is 15.2. The van der Waals surface area contributed by atoms with E-state index in [4.69, 9.17) is 18.9 Å². The second kappa shape index (κ2) is 8.44. The van der Waals surface area contributed by atoms with E-state index in [1.807, 2.05) is 12.1 Å². The first-order valence-corrected chi connectivity index (χ1v) is 8.54. The molecule has 1 atom stereocenters. The SMILES string of the molecule is COc1cccc(CC(=O)O[C@@H](C)C(=O)NCc2ccc3c(c2)OCO3)c1. The molecule has 1 aliphatic rings. The molecule has 0 radical (unpaired) electrons. The quantitative estimate of drug-likeness (QED) is 0.752. The van der Waals surface area contributed by atoms with E-state index in [0.717, 1.165) is 11.1 Å². The van der Waals surface area contributed by atoms with Gasteiger partial charge in [0, 0.05) is 6.54 Å². The van der Waals surface area contributed by atoms with Crippen molar-refractivity contribution in [2.45, 2.75) is 26.0 Å². The Morgan fingerprint density at radius 2 is 1.93 bits per heavy atom. The van der Waals surface area contributed by atoms with Gasteiger partial charge in [-0.2, -0.15) is 0 Å². The molecular weight excluding hydrogens is 350 g/mol. The molecule has 0 bridgehead atoms. The van der Waals surface area contributed by atoms with Crippen molar-refractivity contribution >= 4 is 11.9 Å². The lowest BCUT2D eigenvalue weighted by Gasteiger charge is -2.14. The highest BCUT2D eigenvalue weighted by Crippen LogP contribution is 2.32. The first kappa shape index (κ1) is 18.6. The molecule has 1 N–H and O–H groups in total. The third-order valence-corrected chi connectivity index (χ3v) is 4.06. The van der Waals surface area contributed by atoms with Crippen molar-refractivity contribution in [2.75, 3.05) is 13.9 Å². The summed E-state index contributed by atoms with van der Waals surface area (Å²) in [5, 5.41) is 2.74. The van der Waals surface area contributed by atoms with Gasteiger partial charge >= 0.3 is 5.97 Å². The second-order valence-corrected chi connectivity index (χ2v) is 6.07. The highest BCUT2D eigenvalue weighted by atomic mass is 16.7. The van der Waals surface area contributed by atoms with Crippen LogP contribution in [0.25, 0.3) is 0 Å². The third kappa shape index (κ3) is 4.91. The average Bonchev–Trinajstić information content (AvgIpc) is 3.13. The third-order valence-electron chi connectivity index (χ3n) is 4.06. The second-order valence-electron chi connectivity index (χ2n) is 6.07. The number of hydrogen-bond acceptors (Lipinski definition) is 6. The minimum Gasteiger partial charge on any atom is -0.497 e. The molecule has 2 aromatic carbocycles. The van der Waals surface area contributed by atoms with E-state index in [-0.39, 0.29) is 19.1 Å². The molecule has 0 aliphatic carbocycles. The van der Waals surface area contributed by atoms with Crippen LogP contribution in [0.3, 0.4) is 0 Å². The van der Waals surface area contributed by atoms with Gasteiger partial charge in [-0.05, 0) is 42.3 Å². The molecule has 0 fully saturated rings. The van der Waals surface area contributed by atoms with Crippen molar-refractivity contribution in [1.82, 2.24) is 5.32 Å². The van der Waals surface area contributed by atoms with Gasteiger partial charge in [0.15, 0.2) is 17.6 Å².